The lowest BCUT2D eigenvalue weighted by atomic mass is 10.1. The number of hydrogen-bond donors (Lipinski definition) is 0. The van der Waals surface area contributed by atoms with E-state index in [-0.39, 0.29) is 18.8 Å². The van der Waals surface area contributed by atoms with Gasteiger partial charge in [-0.1, -0.05) is 24.6 Å². The first-order chi connectivity index (χ1) is 12.3. The third-order valence-electron chi connectivity index (χ3n) is 4.49. The zero-order valence-electron chi connectivity index (χ0n) is 14.6. The summed E-state index contributed by atoms with van der Waals surface area (Å²) in [6.07, 6.45) is 3.12. The monoisotopic (exact) mass is 383 g/mol. The molecule has 8 heteroatoms. The molecule has 26 heavy (non-hydrogen) atoms. The van der Waals surface area contributed by atoms with Gasteiger partial charge in [0.1, 0.15) is 0 Å². The van der Waals surface area contributed by atoms with E-state index >= 15 is 0 Å². The molecular formula is C18H20ClF2N3O2. The van der Waals surface area contributed by atoms with Crippen molar-refractivity contribution in [3.05, 3.63) is 47.0 Å². The van der Waals surface area contributed by atoms with Crippen LogP contribution >= 0.6 is 11.6 Å². The molecule has 1 saturated heterocycles. The third kappa shape index (κ3) is 3.82. The van der Waals surface area contributed by atoms with Crippen molar-refractivity contribution in [2.75, 3.05) is 24.6 Å². The Kier molecular flexibility index (Phi) is 5.18. The van der Waals surface area contributed by atoms with Gasteiger partial charge in [-0.05, 0) is 24.6 Å². The van der Waals surface area contributed by atoms with Gasteiger partial charge in [0.2, 0.25) is 0 Å². The molecule has 0 N–H and O–H groups in total. The fourth-order valence-electron chi connectivity index (χ4n) is 2.95. The van der Waals surface area contributed by atoms with Crippen LogP contribution in [0.3, 0.4) is 0 Å². The molecule has 0 radical (unpaired) electrons. The molecule has 1 aliphatic rings. The number of carbonyl (C=O) groups is 1. The molecule has 2 aromatic rings. The lowest BCUT2D eigenvalue weighted by molar-refractivity contribution is -0.0137. The van der Waals surface area contributed by atoms with Crippen LogP contribution in [0.25, 0.3) is 0 Å². The standard InChI is InChI=1S/C18H20ClF2N3O2/c1-3-26-17(25)16-9-23(11-22-16)8-13-4-5-14(6-15(13)19)24-7-12(2)18(20,21)10-24/h4-6,9,11-12H,3,7-8,10H2,1-2H3. The Morgan fingerprint density at radius 1 is 1.46 bits per heavy atom. The van der Waals surface area contributed by atoms with Crippen molar-refractivity contribution in [2.24, 2.45) is 5.92 Å². The first-order valence-corrected chi connectivity index (χ1v) is 8.78. The summed E-state index contributed by atoms with van der Waals surface area (Å²) >= 11 is 6.34. The molecule has 2 heterocycles. The largest absolute Gasteiger partial charge is 0.461 e. The second kappa shape index (κ2) is 7.23. The molecule has 1 atom stereocenters. The molecule has 1 fully saturated rings. The number of aromatic nitrogens is 2. The van der Waals surface area contributed by atoms with E-state index in [0.29, 0.717) is 23.8 Å². The molecule has 3 rings (SSSR count). The Balaban J connectivity index is 1.72. The van der Waals surface area contributed by atoms with E-state index in [9.17, 15) is 13.6 Å². The van der Waals surface area contributed by atoms with E-state index in [4.69, 9.17) is 16.3 Å². The fourth-order valence-corrected chi connectivity index (χ4v) is 3.19. The van der Waals surface area contributed by atoms with Crippen molar-refractivity contribution in [2.45, 2.75) is 26.3 Å². The van der Waals surface area contributed by atoms with E-state index in [1.807, 2.05) is 6.07 Å². The summed E-state index contributed by atoms with van der Waals surface area (Å²) in [6, 6.07) is 5.30. The summed E-state index contributed by atoms with van der Waals surface area (Å²) in [7, 11) is 0. The zero-order chi connectivity index (χ0) is 18.9. The van der Waals surface area contributed by atoms with Crippen molar-refractivity contribution >= 4 is 23.3 Å². The van der Waals surface area contributed by atoms with Crippen LogP contribution in [-0.4, -0.2) is 41.1 Å². The van der Waals surface area contributed by atoms with E-state index in [1.165, 1.54) is 6.33 Å². The molecule has 0 aliphatic carbocycles. The van der Waals surface area contributed by atoms with Crippen LogP contribution in [0.5, 0.6) is 0 Å². The van der Waals surface area contributed by atoms with E-state index in [1.54, 1.807) is 41.6 Å². The van der Waals surface area contributed by atoms with Crippen LogP contribution in [0.15, 0.2) is 30.7 Å². The van der Waals surface area contributed by atoms with Crippen molar-refractivity contribution in [3.63, 3.8) is 0 Å². The predicted octanol–water partition coefficient (Wildman–Crippen LogP) is 3.85. The smallest absolute Gasteiger partial charge is 0.358 e. The number of carbonyl (C=O) groups excluding carboxylic acids is 1. The highest BCUT2D eigenvalue weighted by molar-refractivity contribution is 6.31. The van der Waals surface area contributed by atoms with Crippen LogP contribution < -0.4 is 4.90 Å². The van der Waals surface area contributed by atoms with E-state index in [2.05, 4.69) is 4.98 Å². The number of alkyl halides is 2. The molecule has 0 spiro atoms. The summed E-state index contributed by atoms with van der Waals surface area (Å²) in [5.74, 6) is -3.85. The number of rotatable bonds is 5. The van der Waals surface area contributed by atoms with Gasteiger partial charge in [0.25, 0.3) is 5.92 Å². The molecule has 0 amide bonds. The molecule has 140 valence electrons. The number of esters is 1. The highest BCUT2D eigenvalue weighted by Gasteiger charge is 2.45. The highest BCUT2D eigenvalue weighted by Crippen LogP contribution is 2.36. The Hall–Kier alpha value is -2.15. The molecule has 1 unspecified atom stereocenters. The van der Waals surface area contributed by atoms with Crippen molar-refractivity contribution in [1.29, 1.82) is 0 Å². The van der Waals surface area contributed by atoms with Gasteiger partial charge in [-0.15, -0.1) is 0 Å². The van der Waals surface area contributed by atoms with Gasteiger partial charge in [0, 0.05) is 35.9 Å². The average molecular weight is 384 g/mol. The maximum absolute atomic E-state index is 13.7. The van der Waals surface area contributed by atoms with Crippen LogP contribution in [0.1, 0.15) is 29.9 Å². The second-order valence-corrected chi connectivity index (χ2v) is 6.88. The molecule has 1 aliphatic heterocycles. The van der Waals surface area contributed by atoms with Crippen LogP contribution in [0, 0.1) is 5.92 Å². The molecule has 5 nitrogen and oxygen atoms in total. The van der Waals surface area contributed by atoms with Gasteiger partial charge in [-0.25, -0.2) is 18.6 Å². The molecular weight excluding hydrogens is 364 g/mol. The molecule has 1 aromatic heterocycles. The van der Waals surface area contributed by atoms with Gasteiger partial charge in [0.15, 0.2) is 5.69 Å². The number of benzene rings is 1. The van der Waals surface area contributed by atoms with E-state index < -0.39 is 17.8 Å². The van der Waals surface area contributed by atoms with Crippen molar-refractivity contribution in [3.8, 4) is 0 Å². The lowest BCUT2D eigenvalue weighted by Crippen LogP contribution is -2.26. The Labute approximate surface area is 155 Å². The lowest BCUT2D eigenvalue weighted by Gasteiger charge is -2.19. The molecule has 0 saturated carbocycles. The van der Waals surface area contributed by atoms with Crippen molar-refractivity contribution < 1.29 is 18.3 Å². The quantitative estimate of drug-likeness (QED) is 0.736. The highest BCUT2D eigenvalue weighted by atomic mass is 35.5. The number of halogens is 3. The van der Waals surface area contributed by atoms with Crippen molar-refractivity contribution in [1.82, 2.24) is 9.55 Å². The number of imidazole rings is 1. The van der Waals surface area contributed by atoms with Crippen LogP contribution in [-0.2, 0) is 11.3 Å². The van der Waals surface area contributed by atoms with Gasteiger partial charge >= 0.3 is 5.97 Å². The van der Waals surface area contributed by atoms with Gasteiger partial charge in [0.05, 0.1) is 19.5 Å². The summed E-state index contributed by atoms with van der Waals surface area (Å²) in [6.45, 7) is 3.98. The topological polar surface area (TPSA) is 47.4 Å². The normalized spacial score (nSPS) is 19.0. The Bertz CT molecular complexity index is 809. The number of hydrogen-bond acceptors (Lipinski definition) is 4. The van der Waals surface area contributed by atoms with Gasteiger partial charge in [-0.2, -0.15) is 0 Å². The minimum absolute atomic E-state index is 0.230. The molecule has 1 aromatic carbocycles. The zero-order valence-corrected chi connectivity index (χ0v) is 15.3. The Morgan fingerprint density at radius 2 is 2.23 bits per heavy atom. The van der Waals surface area contributed by atoms with E-state index in [0.717, 1.165) is 5.56 Å². The fraction of sp³-hybridized carbons (Fsp3) is 0.444. The number of nitrogens with zero attached hydrogens (tertiary/aromatic N) is 3. The summed E-state index contributed by atoms with van der Waals surface area (Å²) in [4.78, 5) is 17.3. The Morgan fingerprint density at radius 3 is 2.85 bits per heavy atom. The first kappa shape index (κ1) is 18.6. The van der Waals surface area contributed by atoms with Crippen LogP contribution in [0.4, 0.5) is 14.5 Å². The van der Waals surface area contributed by atoms with Gasteiger partial charge < -0.3 is 14.2 Å². The summed E-state index contributed by atoms with van der Waals surface area (Å²) < 4.78 is 34.1. The SMILES string of the molecule is CCOC(=O)c1cn(Cc2ccc(N3CC(C)C(F)(F)C3)cc2Cl)cn1. The van der Waals surface area contributed by atoms with Crippen LogP contribution in [0.2, 0.25) is 5.02 Å². The third-order valence-corrected chi connectivity index (χ3v) is 4.84. The van der Waals surface area contributed by atoms with Gasteiger partial charge in [-0.3, -0.25) is 0 Å². The second-order valence-electron chi connectivity index (χ2n) is 6.47. The minimum Gasteiger partial charge on any atom is -0.461 e. The molecule has 0 bridgehead atoms. The summed E-state index contributed by atoms with van der Waals surface area (Å²) in [5, 5.41) is 0.483. The predicted molar refractivity (Wildman–Crippen MR) is 95.1 cm³/mol. The number of anilines is 1. The first-order valence-electron chi connectivity index (χ1n) is 8.40. The summed E-state index contributed by atoms with van der Waals surface area (Å²) in [5.41, 5.74) is 1.72. The minimum atomic E-state index is -2.69. The number of ether oxygens (including phenoxy) is 1. The average Bonchev–Trinajstić information content (AvgIpc) is 3.14. The maximum atomic E-state index is 13.7. The maximum Gasteiger partial charge on any atom is 0.358 e.